The molecule has 8 nitrogen and oxygen atoms in total. The molecule has 1 N–H and O–H groups in total. The number of rotatable bonds is 6. The molecule has 2 heterocycles. The first kappa shape index (κ1) is 21.5. The molecule has 160 valence electrons. The van der Waals surface area contributed by atoms with Crippen LogP contribution in [0.15, 0.2) is 63.4 Å². The Morgan fingerprint density at radius 3 is 2.77 bits per heavy atom. The van der Waals surface area contributed by atoms with Crippen LogP contribution in [0.5, 0.6) is 0 Å². The third kappa shape index (κ3) is 4.63. The lowest BCUT2D eigenvalue weighted by molar-refractivity contribution is -0.119. The number of aromatic nitrogens is 1. The predicted octanol–water partition coefficient (Wildman–Crippen LogP) is 3.45. The summed E-state index contributed by atoms with van der Waals surface area (Å²) in [5, 5.41) is 2.88. The van der Waals surface area contributed by atoms with E-state index in [1.165, 1.54) is 46.1 Å². The van der Waals surface area contributed by atoms with E-state index < -0.39 is 28.5 Å². The second kappa shape index (κ2) is 8.77. The fraction of sp³-hybridized carbons (Fsp3) is 0.150. The average molecular weight is 522 g/mol. The van der Waals surface area contributed by atoms with Crippen LogP contribution in [-0.4, -0.2) is 38.4 Å². The lowest BCUT2D eigenvalue weighted by Crippen LogP contribution is -2.29. The first-order valence-corrected chi connectivity index (χ1v) is 12.2. The van der Waals surface area contributed by atoms with Crippen LogP contribution >= 0.6 is 27.3 Å². The number of nitrogens with one attached hydrogen (secondary N) is 1. The van der Waals surface area contributed by atoms with Crippen molar-refractivity contribution in [3.8, 4) is 0 Å². The molecule has 0 unspecified atom stereocenters. The van der Waals surface area contributed by atoms with Crippen LogP contribution in [-0.2, 0) is 26.0 Å². The molecule has 0 atom stereocenters. The van der Waals surface area contributed by atoms with Gasteiger partial charge in [0.15, 0.2) is 11.7 Å². The molecule has 4 rings (SSSR count). The highest BCUT2D eigenvalue weighted by Gasteiger charge is 2.31. The highest BCUT2D eigenvalue weighted by molar-refractivity contribution is 9.11. The largest absolute Gasteiger partial charge is 0.452 e. The predicted molar refractivity (Wildman–Crippen MR) is 120 cm³/mol. The zero-order valence-electron chi connectivity index (χ0n) is 15.9. The number of hydrogen-bond donors (Lipinski definition) is 1. The molecule has 0 bridgehead atoms. The molecule has 3 aromatic rings. The Kier molecular flexibility index (Phi) is 6.08. The van der Waals surface area contributed by atoms with Crippen molar-refractivity contribution in [2.24, 2.45) is 0 Å². The number of hydrogen-bond acceptors (Lipinski definition) is 7. The number of nitrogens with zero attached hydrogens (tertiary/aromatic N) is 2. The van der Waals surface area contributed by atoms with Crippen LogP contribution in [0.3, 0.4) is 0 Å². The standard InChI is InChI=1S/C20H16BrN3O5S2/c21-17-11-22-20(30-17)23-18(25)12-29-19(26)14-5-3-6-15(10-14)31(27,28)24-9-8-13-4-1-2-7-16(13)24/h1-7,10-11H,8-9,12H2,(H,22,23,25). The van der Waals surface area contributed by atoms with Crippen molar-refractivity contribution in [1.82, 2.24) is 4.98 Å². The zero-order valence-corrected chi connectivity index (χ0v) is 19.2. The van der Waals surface area contributed by atoms with Crippen LogP contribution in [0.1, 0.15) is 15.9 Å². The highest BCUT2D eigenvalue weighted by atomic mass is 79.9. The molecule has 1 aliphatic rings. The summed E-state index contributed by atoms with van der Waals surface area (Å²) in [5.41, 5.74) is 1.64. The molecule has 0 fully saturated rings. The number of amides is 1. The second-order valence-corrected chi connectivity index (χ2v) is 10.8. The summed E-state index contributed by atoms with van der Waals surface area (Å²) in [6.07, 6.45) is 2.17. The third-order valence-corrected chi connectivity index (χ3v) is 7.76. The summed E-state index contributed by atoms with van der Waals surface area (Å²) in [7, 11) is -3.84. The minimum absolute atomic E-state index is 0.0178. The van der Waals surface area contributed by atoms with Gasteiger partial charge in [0.05, 0.1) is 26.1 Å². The fourth-order valence-electron chi connectivity index (χ4n) is 3.15. The monoisotopic (exact) mass is 521 g/mol. The molecule has 1 aliphatic heterocycles. The molecule has 1 amide bonds. The van der Waals surface area contributed by atoms with Gasteiger partial charge >= 0.3 is 5.97 Å². The molecule has 0 spiro atoms. The number of carbonyl (C=O) groups excluding carboxylic acids is 2. The maximum Gasteiger partial charge on any atom is 0.338 e. The molecule has 0 saturated carbocycles. The average Bonchev–Trinajstić information content (AvgIpc) is 3.38. The Balaban J connectivity index is 1.45. The van der Waals surface area contributed by atoms with Gasteiger partial charge in [-0.2, -0.15) is 0 Å². The van der Waals surface area contributed by atoms with Crippen molar-refractivity contribution in [3.05, 3.63) is 69.6 Å². The number of esters is 1. The Bertz CT molecular complexity index is 1260. The van der Waals surface area contributed by atoms with E-state index >= 15 is 0 Å². The van der Waals surface area contributed by atoms with Crippen LogP contribution in [0.25, 0.3) is 0 Å². The van der Waals surface area contributed by atoms with Gasteiger partial charge < -0.3 is 4.74 Å². The Hall–Kier alpha value is -2.76. The smallest absolute Gasteiger partial charge is 0.338 e. The number of halogens is 1. The highest BCUT2D eigenvalue weighted by Crippen LogP contribution is 2.32. The first-order valence-electron chi connectivity index (χ1n) is 9.13. The van der Waals surface area contributed by atoms with E-state index in [-0.39, 0.29) is 10.5 Å². The molecular weight excluding hydrogens is 506 g/mol. The zero-order chi connectivity index (χ0) is 22.0. The molecule has 31 heavy (non-hydrogen) atoms. The van der Waals surface area contributed by atoms with E-state index in [9.17, 15) is 18.0 Å². The summed E-state index contributed by atoms with van der Waals surface area (Å²) in [6.45, 7) is -0.185. The third-order valence-electron chi connectivity index (χ3n) is 4.56. The summed E-state index contributed by atoms with van der Waals surface area (Å²) < 4.78 is 33.4. The van der Waals surface area contributed by atoms with E-state index in [1.54, 1.807) is 12.1 Å². The summed E-state index contributed by atoms with van der Waals surface area (Å²) in [4.78, 5) is 28.3. The van der Waals surface area contributed by atoms with Crippen LogP contribution in [0, 0.1) is 0 Å². The van der Waals surface area contributed by atoms with Crippen LogP contribution in [0.4, 0.5) is 10.8 Å². The van der Waals surface area contributed by atoms with Gasteiger partial charge in [-0.15, -0.1) is 0 Å². The van der Waals surface area contributed by atoms with Crippen molar-refractivity contribution < 1.29 is 22.7 Å². The van der Waals surface area contributed by atoms with E-state index in [0.717, 1.165) is 9.35 Å². The van der Waals surface area contributed by atoms with Gasteiger partial charge in [0.2, 0.25) is 0 Å². The van der Waals surface area contributed by atoms with Gasteiger partial charge in [-0.25, -0.2) is 18.2 Å². The number of carbonyl (C=O) groups is 2. The minimum atomic E-state index is -3.84. The normalized spacial score (nSPS) is 13.0. The van der Waals surface area contributed by atoms with Crippen LogP contribution < -0.4 is 9.62 Å². The second-order valence-electron chi connectivity index (χ2n) is 6.58. The molecule has 0 radical (unpaired) electrons. The van der Waals surface area contributed by atoms with Gasteiger partial charge in [0, 0.05) is 6.54 Å². The first-order chi connectivity index (χ1) is 14.8. The van der Waals surface area contributed by atoms with Crippen molar-refractivity contribution in [1.29, 1.82) is 0 Å². The van der Waals surface area contributed by atoms with E-state index in [2.05, 4.69) is 26.2 Å². The molecule has 2 aromatic carbocycles. The SMILES string of the molecule is O=C(COC(=O)c1cccc(S(=O)(=O)N2CCc3ccccc32)c1)Nc1ncc(Br)s1. The Labute approximate surface area is 191 Å². The van der Waals surface area contributed by atoms with Crippen molar-refractivity contribution in [2.75, 3.05) is 22.8 Å². The lowest BCUT2D eigenvalue weighted by Gasteiger charge is -2.19. The van der Waals surface area contributed by atoms with Crippen molar-refractivity contribution in [3.63, 3.8) is 0 Å². The molecule has 0 aliphatic carbocycles. The fourth-order valence-corrected chi connectivity index (χ4v) is 5.82. The lowest BCUT2D eigenvalue weighted by atomic mass is 10.2. The number of ether oxygens (including phenoxy) is 1. The Morgan fingerprint density at radius 1 is 1.19 bits per heavy atom. The van der Waals surface area contributed by atoms with Crippen molar-refractivity contribution in [2.45, 2.75) is 11.3 Å². The van der Waals surface area contributed by atoms with Crippen molar-refractivity contribution >= 4 is 60.0 Å². The van der Waals surface area contributed by atoms with Gasteiger partial charge in [0.1, 0.15) is 0 Å². The molecular formula is C20H16BrN3O5S2. The number of sulfonamides is 1. The number of para-hydroxylation sites is 1. The van der Waals surface area contributed by atoms with Gasteiger partial charge in [0.25, 0.3) is 15.9 Å². The van der Waals surface area contributed by atoms with Crippen LogP contribution in [0.2, 0.25) is 0 Å². The van der Waals surface area contributed by atoms with E-state index in [1.807, 2.05) is 12.1 Å². The van der Waals surface area contributed by atoms with E-state index in [0.29, 0.717) is 23.8 Å². The number of thiazole rings is 1. The molecule has 0 saturated heterocycles. The summed E-state index contributed by atoms with van der Waals surface area (Å²) in [6, 6.07) is 12.9. The number of benzene rings is 2. The quantitative estimate of drug-likeness (QED) is 0.498. The van der Waals surface area contributed by atoms with Gasteiger partial charge in [-0.1, -0.05) is 35.6 Å². The van der Waals surface area contributed by atoms with Gasteiger partial charge in [-0.3, -0.25) is 14.4 Å². The Morgan fingerprint density at radius 2 is 2.00 bits per heavy atom. The summed E-state index contributed by atoms with van der Waals surface area (Å²) in [5.74, 6) is -1.35. The summed E-state index contributed by atoms with van der Waals surface area (Å²) >= 11 is 4.46. The number of fused-ring (bicyclic) bond motifs is 1. The van der Waals surface area contributed by atoms with Gasteiger partial charge in [-0.05, 0) is 52.2 Å². The molecule has 11 heteroatoms. The number of anilines is 2. The maximum atomic E-state index is 13.1. The van der Waals surface area contributed by atoms with E-state index in [4.69, 9.17) is 4.74 Å². The molecule has 1 aromatic heterocycles. The maximum absolute atomic E-state index is 13.1. The topological polar surface area (TPSA) is 106 Å². The minimum Gasteiger partial charge on any atom is -0.452 e.